The highest BCUT2D eigenvalue weighted by Gasteiger charge is 2.30. The van der Waals surface area contributed by atoms with Crippen molar-refractivity contribution in [2.45, 2.75) is 51.6 Å². The molecule has 0 N–H and O–H groups in total. The molecule has 0 bridgehead atoms. The van der Waals surface area contributed by atoms with Gasteiger partial charge in [0.15, 0.2) is 0 Å². The van der Waals surface area contributed by atoms with E-state index in [1.165, 1.54) is 22.5 Å². The first-order valence-corrected chi connectivity index (χ1v) is 8.78. The standard InChI is InChI=1S/C20H25N3O2/c1-20(2,3)16-10-8-15(9-11-16)17-6-5-13-22(17)19(25)14-23-18(24)7-4-12-21-23/h4,7-12,17H,5-6,13-14H2,1-3H3. The van der Waals surface area contributed by atoms with Crippen LogP contribution in [0.4, 0.5) is 0 Å². The molecule has 1 aliphatic heterocycles. The molecule has 0 radical (unpaired) electrons. The third-order valence-corrected chi connectivity index (χ3v) is 4.80. The Morgan fingerprint density at radius 1 is 1.20 bits per heavy atom. The molecule has 5 nitrogen and oxygen atoms in total. The first-order valence-electron chi connectivity index (χ1n) is 8.78. The fourth-order valence-electron chi connectivity index (χ4n) is 3.34. The Kier molecular flexibility index (Phi) is 4.75. The van der Waals surface area contributed by atoms with E-state index in [-0.39, 0.29) is 29.5 Å². The number of hydrogen-bond donors (Lipinski definition) is 0. The lowest BCUT2D eigenvalue weighted by Gasteiger charge is -2.26. The molecule has 1 amide bonds. The van der Waals surface area contributed by atoms with Crippen LogP contribution in [0.2, 0.25) is 0 Å². The van der Waals surface area contributed by atoms with Crippen LogP contribution in [-0.4, -0.2) is 27.1 Å². The van der Waals surface area contributed by atoms with Gasteiger partial charge in [0.2, 0.25) is 5.91 Å². The molecule has 5 heteroatoms. The van der Waals surface area contributed by atoms with Crippen molar-refractivity contribution in [3.05, 3.63) is 64.1 Å². The zero-order valence-electron chi connectivity index (χ0n) is 15.1. The minimum atomic E-state index is -0.249. The predicted molar refractivity (Wildman–Crippen MR) is 97.3 cm³/mol. The normalized spacial score (nSPS) is 17.7. The maximum Gasteiger partial charge on any atom is 0.267 e. The van der Waals surface area contributed by atoms with Crippen molar-refractivity contribution in [1.29, 1.82) is 0 Å². The highest BCUT2D eigenvalue weighted by atomic mass is 16.2. The number of likely N-dealkylation sites (tertiary alicyclic amines) is 1. The van der Waals surface area contributed by atoms with Crippen LogP contribution < -0.4 is 5.56 Å². The monoisotopic (exact) mass is 339 g/mol. The molecule has 1 aromatic carbocycles. The maximum absolute atomic E-state index is 12.7. The molecule has 132 valence electrons. The lowest BCUT2D eigenvalue weighted by atomic mass is 9.86. The van der Waals surface area contributed by atoms with E-state index in [1.54, 1.807) is 6.07 Å². The second-order valence-corrected chi connectivity index (χ2v) is 7.64. The summed E-state index contributed by atoms with van der Waals surface area (Å²) in [5.41, 5.74) is 2.31. The fraction of sp³-hybridized carbons (Fsp3) is 0.450. The summed E-state index contributed by atoms with van der Waals surface area (Å²) in [6.07, 6.45) is 3.47. The van der Waals surface area contributed by atoms with Crippen LogP contribution in [0.1, 0.15) is 50.8 Å². The number of carbonyl (C=O) groups excluding carboxylic acids is 1. The molecule has 1 aliphatic rings. The van der Waals surface area contributed by atoms with Gasteiger partial charge < -0.3 is 4.90 Å². The van der Waals surface area contributed by atoms with Crippen molar-refractivity contribution in [2.24, 2.45) is 0 Å². The number of hydrogen-bond acceptors (Lipinski definition) is 3. The number of amides is 1. The molecule has 2 heterocycles. The average molecular weight is 339 g/mol. The number of nitrogens with zero attached hydrogens (tertiary/aromatic N) is 3. The molecule has 0 saturated carbocycles. The second kappa shape index (κ2) is 6.82. The Hall–Kier alpha value is -2.43. The summed E-state index contributed by atoms with van der Waals surface area (Å²) in [7, 11) is 0. The fourth-order valence-corrected chi connectivity index (χ4v) is 3.34. The van der Waals surface area contributed by atoms with E-state index in [0.29, 0.717) is 0 Å². The van der Waals surface area contributed by atoms with Gasteiger partial charge in [0.1, 0.15) is 6.54 Å². The van der Waals surface area contributed by atoms with Gasteiger partial charge in [0, 0.05) is 18.8 Å². The van der Waals surface area contributed by atoms with Crippen LogP contribution in [0, 0.1) is 0 Å². The minimum Gasteiger partial charge on any atom is -0.334 e. The van der Waals surface area contributed by atoms with Gasteiger partial charge in [0.25, 0.3) is 5.56 Å². The van der Waals surface area contributed by atoms with Crippen LogP contribution in [0.25, 0.3) is 0 Å². The van der Waals surface area contributed by atoms with Crippen LogP contribution in [0.5, 0.6) is 0 Å². The quantitative estimate of drug-likeness (QED) is 0.864. The molecule has 1 aromatic heterocycles. The van der Waals surface area contributed by atoms with E-state index in [1.807, 2.05) is 4.90 Å². The summed E-state index contributed by atoms with van der Waals surface area (Å²) in [4.78, 5) is 26.4. The van der Waals surface area contributed by atoms with Gasteiger partial charge in [-0.05, 0) is 35.4 Å². The topological polar surface area (TPSA) is 55.2 Å². The van der Waals surface area contributed by atoms with Crippen molar-refractivity contribution >= 4 is 5.91 Å². The number of aromatic nitrogens is 2. The van der Waals surface area contributed by atoms with Gasteiger partial charge in [-0.1, -0.05) is 45.0 Å². The van der Waals surface area contributed by atoms with E-state index in [0.717, 1.165) is 24.9 Å². The average Bonchev–Trinajstić information content (AvgIpc) is 3.06. The summed E-state index contributed by atoms with van der Waals surface area (Å²) < 4.78 is 1.22. The molecule has 2 aromatic rings. The summed E-state index contributed by atoms with van der Waals surface area (Å²) in [5, 5.41) is 3.98. The molecule has 25 heavy (non-hydrogen) atoms. The van der Waals surface area contributed by atoms with Crippen LogP contribution in [-0.2, 0) is 16.8 Å². The highest BCUT2D eigenvalue weighted by Crippen LogP contribution is 2.33. The van der Waals surface area contributed by atoms with Crippen molar-refractivity contribution in [3.8, 4) is 0 Å². The molecule has 3 rings (SSSR count). The summed E-state index contributed by atoms with van der Waals surface area (Å²) in [6, 6.07) is 11.7. The molecule has 0 spiro atoms. The lowest BCUT2D eigenvalue weighted by molar-refractivity contribution is -0.133. The van der Waals surface area contributed by atoms with Gasteiger partial charge in [-0.15, -0.1) is 0 Å². The Balaban J connectivity index is 1.77. The van der Waals surface area contributed by atoms with Crippen LogP contribution >= 0.6 is 0 Å². The number of benzene rings is 1. The van der Waals surface area contributed by atoms with Gasteiger partial charge >= 0.3 is 0 Å². The van der Waals surface area contributed by atoms with Crippen molar-refractivity contribution in [2.75, 3.05) is 6.54 Å². The summed E-state index contributed by atoms with van der Waals surface area (Å²) in [5.74, 6) is -0.0526. The van der Waals surface area contributed by atoms with E-state index < -0.39 is 0 Å². The van der Waals surface area contributed by atoms with Gasteiger partial charge in [-0.25, -0.2) is 4.68 Å². The zero-order valence-corrected chi connectivity index (χ0v) is 15.1. The number of carbonyl (C=O) groups is 1. The van der Waals surface area contributed by atoms with Gasteiger partial charge in [-0.2, -0.15) is 5.10 Å². The van der Waals surface area contributed by atoms with E-state index in [4.69, 9.17) is 0 Å². The zero-order chi connectivity index (χ0) is 18.0. The minimum absolute atomic E-state index is 0.00372. The molecule has 1 fully saturated rings. The summed E-state index contributed by atoms with van der Waals surface area (Å²) in [6.45, 7) is 7.30. The smallest absolute Gasteiger partial charge is 0.267 e. The van der Waals surface area contributed by atoms with Crippen LogP contribution in [0.3, 0.4) is 0 Å². The lowest BCUT2D eigenvalue weighted by Crippen LogP contribution is -2.36. The molecule has 1 atom stereocenters. The van der Waals surface area contributed by atoms with E-state index >= 15 is 0 Å². The van der Waals surface area contributed by atoms with Gasteiger partial charge in [-0.3, -0.25) is 9.59 Å². The van der Waals surface area contributed by atoms with E-state index in [9.17, 15) is 9.59 Å². The first kappa shape index (κ1) is 17.4. The predicted octanol–water partition coefficient (Wildman–Crippen LogP) is 2.90. The van der Waals surface area contributed by atoms with Crippen molar-refractivity contribution in [3.63, 3.8) is 0 Å². The Morgan fingerprint density at radius 2 is 1.92 bits per heavy atom. The maximum atomic E-state index is 12.7. The second-order valence-electron chi connectivity index (χ2n) is 7.64. The molecule has 1 saturated heterocycles. The largest absolute Gasteiger partial charge is 0.334 e. The Labute approximate surface area is 148 Å². The third-order valence-electron chi connectivity index (χ3n) is 4.80. The molecular formula is C20H25N3O2. The highest BCUT2D eigenvalue weighted by molar-refractivity contribution is 5.76. The van der Waals surface area contributed by atoms with Crippen LogP contribution in [0.15, 0.2) is 47.4 Å². The summed E-state index contributed by atoms with van der Waals surface area (Å²) >= 11 is 0. The van der Waals surface area contributed by atoms with Crippen molar-refractivity contribution < 1.29 is 4.79 Å². The molecule has 1 unspecified atom stereocenters. The first-order chi connectivity index (χ1) is 11.9. The molecular weight excluding hydrogens is 314 g/mol. The number of rotatable bonds is 3. The van der Waals surface area contributed by atoms with Crippen molar-refractivity contribution in [1.82, 2.24) is 14.7 Å². The molecule has 0 aliphatic carbocycles. The van der Waals surface area contributed by atoms with Gasteiger partial charge in [0.05, 0.1) is 6.04 Å². The SMILES string of the molecule is CC(C)(C)c1ccc(C2CCCN2C(=O)Cn2ncccc2=O)cc1. The Morgan fingerprint density at radius 3 is 2.56 bits per heavy atom. The third kappa shape index (κ3) is 3.81. The Bertz CT molecular complexity index is 803. The van der Waals surface area contributed by atoms with E-state index in [2.05, 4.69) is 50.1 Å².